The van der Waals surface area contributed by atoms with Gasteiger partial charge in [0, 0.05) is 12.3 Å². The second-order valence-electron chi connectivity index (χ2n) is 4.99. The molecule has 0 aliphatic heterocycles. The summed E-state index contributed by atoms with van der Waals surface area (Å²) in [4.78, 5) is 0. The van der Waals surface area contributed by atoms with Crippen LogP contribution in [0.3, 0.4) is 0 Å². The predicted octanol–water partition coefficient (Wildman–Crippen LogP) is 4.63. The summed E-state index contributed by atoms with van der Waals surface area (Å²) in [7, 11) is 0. The van der Waals surface area contributed by atoms with Gasteiger partial charge in [-0.25, -0.2) is 0 Å². The first-order valence-corrected chi connectivity index (χ1v) is 6.79. The predicted molar refractivity (Wildman–Crippen MR) is 77.9 cm³/mol. The molecule has 0 aliphatic rings. The Balaban J connectivity index is 2.72. The first-order valence-electron chi connectivity index (χ1n) is 6.79. The van der Waals surface area contributed by atoms with Crippen LogP contribution in [-0.2, 0) is 0 Å². The number of hydrogen-bond donors (Lipinski definition) is 0. The van der Waals surface area contributed by atoms with Crippen molar-refractivity contribution in [3.05, 3.63) is 29.8 Å². The zero-order chi connectivity index (χ0) is 13.5. The molecule has 0 amide bonds. The summed E-state index contributed by atoms with van der Waals surface area (Å²) in [5.74, 6) is 8.24. The minimum absolute atomic E-state index is 0.225. The Bertz CT molecular complexity index is 405. The molecule has 0 aromatic heterocycles. The fourth-order valence-electron chi connectivity index (χ4n) is 1.80. The van der Waals surface area contributed by atoms with Crippen molar-refractivity contribution >= 4 is 0 Å². The molecule has 1 nitrogen and oxygen atoms in total. The molecule has 0 saturated carbocycles. The van der Waals surface area contributed by atoms with E-state index >= 15 is 0 Å². The third-order valence-corrected chi connectivity index (χ3v) is 3.03. The van der Waals surface area contributed by atoms with Crippen molar-refractivity contribution in [1.82, 2.24) is 0 Å². The minimum Gasteiger partial charge on any atom is -0.491 e. The normalized spacial score (nSPS) is 13.7. The monoisotopic (exact) mass is 244 g/mol. The summed E-state index contributed by atoms with van der Waals surface area (Å²) in [5, 5.41) is 0. The Morgan fingerprint density at radius 2 is 1.67 bits per heavy atom. The molecule has 0 radical (unpaired) electrons. The van der Waals surface area contributed by atoms with Crippen LogP contribution in [0.25, 0.3) is 0 Å². The maximum Gasteiger partial charge on any atom is 0.119 e. The summed E-state index contributed by atoms with van der Waals surface area (Å²) in [5.41, 5.74) is 1.32. The second kappa shape index (κ2) is 7.11. The quantitative estimate of drug-likeness (QED) is 0.702. The molecule has 1 heteroatoms. The SMILES string of the molecule is CCC#CC(C)C(C)c1ccc(OC(C)C)cc1. The molecule has 1 aromatic carbocycles. The summed E-state index contributed by atoms with van der Waals surface area (Å²) >= 11 is 0. The number of benzene rings is 1. The molecule has 0 saturated heterocycles. The Morgan fingerprint density at radius 3 is 2.17 bits per heavy atom. The van der Waals surface area contributed by atoms with Gasteiger partial charge in [0.05, 0.1) is 6.10 Å². The van der Waals surface area contributed by atoms with E-state index in [2.05, 4.69) is 44.7 Å². The lowest BCUT2D eigenvalue weighted by atomic mass is 9.89. The van der Waals surface area contributed by atoms with E-state index < -0.39 is 0 Å². The van der Waals surface area contributed by atoms with Gasteiger partial charge in [0.2, 0.25) is 0 Å². The van der Waals surface area contributed by atoms with Crippen LogP contribution in [0.4, 0.5) is 0 Å². The van der Waals surface area contributed by atoms with E-state index in [0.717, 1.165) is 12.2 Å². The number of rotatable bonds is 4. The van der Waals surface area contributed by atoms with Gasteiger partial charge < -0.3 is 4.74 Å². The van der Waals surface area contributed by atoms with Gasteiger partial charge in [0.1, 0.15) is 5.75 Å². The molecular weight excluding hydrogens is 220 g/mol. The van der Waals surface area contributed by atoms with Crippen molar-refractivity contribution in [2.24, 2.45) is 5.92 Å². The van der Waals surface area contributed by atoms with Crippen LogP contribution in [-0.4, -0.2) is 6.10 Å². The molecule has 0 spiro atoms. The molecule has 0 aliphatic carbocycles. The third-order valence-electron chi connectivity index (χ3n) is 3.03. The van der Waals surface area contributed by atoms with Gasteiger partial charge in [0.15, 0.2) is 0 Å². The van der Waals surface area contributed by atoms with Crippen LogP contribution in [0, 0.1) is 17.8 Å². The first-order chi connectivity index (χ1) is 8.54. The van der Waals surface area contributed by atoms with Gasteiger partial charge in [-0.1, -0.05) is 38.8 Å². The van der Waals surface area contributed by atoms with Crippen molar-refractivity contribution in [3.8, 4) is 17.6 Å². The van der Waals surface area contributed by atoms with E-state index in [9.17, 15) is 0 Å². The van der Waals surface area contributed by atoms with Crippen LogP contribution in [0.5, 0.6) is 5.75 Å². The molecule has 18 heavy (non-hydrogen) atoms. The Labute approximate surface area is 112 Å². The highest BCUT2D eigenvalue weighted by atomic mass is 16.5. The van der Waals surface area contributed by atoms with Crippen LogP contribution < -0.4 is 4.74 Å². The molecule has 0 N–H and O–H groups in total. The lowest BCUT2D eigenvalue weighted by Gasteiger charge is -2.16. The Hall–Kier alpha value is -1.42. The van der Waals surface area contributed by atoms with Crippen LogP contribution in [0.1, 0.15) is 52.5 Å². The standard InChI is InChI=1S/C17H24O/c1-6-7-8-14(4)15(5)16-9-11-17(12-10-16)18-13(2)3/h9-15H,6H2,1-5H3. The van der Waals surface area contributed by atoms with E-state index in [1.54, 1.807) is 0 Å². The lowest BCUT2D eigenvalue weighted by Crippen LogP contribution is -2.06. The molecule has 0 bridgehead atoms. The van der Waals surface area contributed by atoms with Crippen molar-refractivity contribution in [3.63, 3.8) is 0 Å². The molecule has 98 valence electrons. The topological polar surface area (TPSA) is 9.23 Å². The molecule has 1 aromatic rings. The van der Waals surface area contributed by atoms with Gasteiger partial charge in [-0.2, -0.15) is 0 Å². The van der Waals surface area contributed by atoms with Gasteiger partial charge in [-0.3, -0.25) is 0 Å². The fraction of sp³-hybridized carbons (Fsp3) is 0.529. The van der Waals surface area contributed by atoms with Gasteiger partial charge >= 0.3 is 0 Å². The van der Waals surface area contributed by atoms with E-state index in [1.807, 2.05) is 26.0 Å². The van der Waals surface area contributed by atoms with Crippen molar-refractivity contribution in [2.45, 2.75) is 53.1 Å². The largest absolute Gasteiger partial charge is 0.491 e. The zero-order valence-corrected chi connectivity index (χ0v) is 12.2. The molecule has 0 fully saturated rings. The number of ether oxygens (including phenoxy) is 1. The highest BCUT2D eigenvalue weighted by molar-refractivity contribution is 5.30. The summed E-state index contributed by atoms with van der Waals surface area (Å²) in [6, 6.07) is 8.39. The zero-order valence-electron chi connectivity index (χ0n) is 12.2. The first kappa shape index (κ1) is 14.6. The average Bonchev–Trinajstić information content (AvgIpc) is 2.35. The van der Waals surface area contributed by atoms with E-state index in [4.69, 9.17) is 4.74 Å². The van der Waals surface area contributed by atoms with Crippen molar-refractivity contribution < 1.29 is 4.74 Å². The lowest BCUT2D eigenvalue weighted by molar-refractivity contribution is 0.242. The average molecular weight is 244 g/mol. The Kier molecular flexibility index (Phi) is 5.78. The van der Waals surface area contributed by atoms with Crippen LogP contribution in [0.15, 0.2) is 24.3 Å². The van der Waals surface area contributed by atoms with Crippen LogP contribution in [0.2, 0.25) is 0 Å². The maximum absolute atomic E-state index is 5.65. The molecule has 1 rings (SSSR count). The second-order valence-corrected chi connectivity index (χ2v) is 4.99. The molecule has 2 unspecified atom stereocenters. The Morgan fingerprint density at radius 1 is 1.06 bits per heavy atom. The van der Waals surface area contributed by atoms with Crippen LogP contribution >= 0.6 is 0 Å². The smallest absolute Gasteiger partial charge is 0.119 e. The highest BCUT2D eigenvalue weighted by Gasteiger charge is 2.12. The third kappa shape index (κ3) is 4.45. The molecule has 2 atom stereocenters. The van der Waals surface area contributed by atoms with Gasteiger partial charge in [0.25, 0.3) is 0 Å². The van der Waals surface area contributed by atoms with Crippen molar-refractivity contribution in [1.29, 1.82) is 0 Å². The van der Waals surface area contributed by atoms with Crippen molar-refractivity contribution in [2.75, 3.05) is 0 Å². The van der Waals surface area contributed by atoms with Gasteiger partial charge in [-0.15, -0.1) is 5.92 Å². The number of hydrogen-bond acceptors (Lipinski definition) is 1. The van der Waals surface area contributed by atoms with E-state index in [-0.39, 0.29) is 6.10 Å². The van der Waals surface area contributed by atoms with Gasteiger partial charge in [-0.05, 0) is 37.5 Å². The molecule has 0 heterocycles. The minimum atomic E-state index is 0.225. The van der Waals surface area contributed by atoms with E-state index in [1.165, 1.54) is 5.56 Å². The summed E-state index contributed by atoms with van der Waals surface area (Å²) in [6.45, 7) is 10.6. The highest BCUT2D eigenvalue weighted by Crippen LogP contribution is 2.25. The van der Waals surface area contributed by atoms with E-state index in [0.29, 0.717) is 11.8 Å². The maximum atomic E-state index is 5.65. The molecular formula is C17H24O. The fourth-order valence-corrected chi connectivity index (χ4v) is 1.80. The summed E-state index contributed by atoms with van der Waals surface area (Å²) < 4.78 is 5.65. The summed E-state index contributed by atoms with van der Waals surface area (Å²) in [6.07, 6.45) is 1.15.